The van der Waals surface area contributed by atoms with Crippen LogP contribution in [0.5, 0.6) is 0 Å². The zero-order chi connectivity index (χ0) is 15.6. The van der Waals surface area contributed by atoms with Gasteiger partial charge in [0.15, 0.2) is 0 Å². The lowest BCUT2D eigenvalue weighted by Crippen LogP contribution is -2.34. The van der Waals surface area contributed by atoms with Gasteiger partial charge in [0.2, 0.25) is 5.91 Å². The van der Waals surface area contributed by atoms with Crippen LogP contribution in [0.3, 0.4) is 0 Å². The topological polar surface area (TPSA) is 48.5 Å². The van der Waals surface area contributed by atoms with Gasteiger partial charge in [-0.3, -0.25) is 4.79 Å². The van der Waals surface area contributed by atoms with E-state index in [1.807, 2.05) is 0 Å². The molecule has 0 radical (unpaired) electrons. The Morgan fingerprint density at radius 1 is 1.29 bits per heavy atom. The number of halogens is 3. The molecule has 0 aromatic carbocycles. The van der Waals surface area contributed by atoms with E-state index in [9.17, 15) is 18.0 Å². The van der Waals surface area contributed by atoms with Crippen LogP contribution in [0.2, 0.25) is 0 Å². The quantitative estimate of drug-likeness (QED) is 0.905. The summed E-state index contributed by atoms with van der Waals surface area (Å²) >= 11 is 0. The van der Waals surface area contributed by atoms with Crippen LogP contribution >= 0.6 is 0 Å². The van der Waals surface area contributed by atoms with E-state index >= 15 is 0 Å². The van der Waals surface area contributed by atoms with Gasteiger partial charge in [-0.05, 0) is 18.6 Å². The lowest BCUT2D eigenvalue weighted by molar-refractivity contribution is -0.137. The summed E-state index contributed by atoms with van der Waals surface area (Å²) in [5.41, 5.74) is -0.776. The van der Waals surface area contributed by atoms with Crippen molar-refractivity contribution in [3.05, 3.63) is 17.7 Å². The third-order valence-electron chi connectivity index (χ3n) is 3.39. The third-order valence-corrected chi connectivity index (χ3v) is 3.39. The minimum absolute atomic E-state index is 0.0357. The molecule has 1 saturated heterocycles. The highest BCUT2D eigenvalue weighted by atomic mass is 19.4. The molecule has 1 aliphatic heterocycles. The SMILES string of the molecule is CNc1cc(C(F)(F)F)cc(N2CCCN(C)C(=O)C2)n1. The Balaban J connectivity index is 2.36. The average Bonchev–Trinajstić information content (AvgIpc) is 2.60. The van der Waals surface area contributed by atoms with E-state index in [0.29, 0.717) is 19.5 Å². The van der Waals surface area contributed by atoms with Crippen molar-refractivity contribution >= 4 is 17.5 Å². The molecule has 1 aromatic rings. The van der Waals surface area contributed by atoms with Crippen LogP contribution in [0.25, 0.3) is 0 Å². The van der Waals surface area contributed by atoms with E-state index in [1.54, 1.807) is 16.8 Å². The summed E-state index contributed by atoms with van der Waals surface area (Å²) in [6.07, 6.45) is -3.76. The number of anilines is 2. The fourth-order valence-electron chi connectivity index (χ4n) is 2.15. The fourth-order valence-corrected chi connectivity index (χ4v) is 2.15. The molecule has 1 aromatic heterocycles. The van der Waals surface area contributed by atoms with E-state index in [4.69, 9.17) is 0 Å². The number of nitrogens with one attached hydrogen (secondary N) is 1. The Labute approximate surface area is 120 Å². The molecule has 1 fully saturated rings. The molecule has 0 bridgehead atoms. The molecule has 1 aliphatic rings. The number of aromatic nitrogens is 1. The summed E-state index contributed by atoms with van der Waals surface area (Å²) in [7, 11) is 3.19. The summed E-state index contributed by atoms with van der Waals surface area (Å²) in [5, 5.41) is 2.62. The smallest absolute Gasteiger partial charge is 0.373 e. The summed E-state index contributed by atoms with van der Waals surface area (Å²) in [4.78, 5) is 19.1. The second-order valence-corrected chi connectivity index (χ2v) is 4.94. The van der Waals surface area contributed by atoms with Crippen molar-refractivity contribution in [2.24, 2.45) is 0 Å². The van der Waals surface area contributed by atoms with E-state index in [0.717, 1.165) is 12.1 Å². The van der Waals surface area contributed by atoms with E-state index in [2.05, 4.69) is 10.3 Å². The van der Waals surface area contributed by atoms with Crippen molar-refractivity contribution in [2.75, 3.05) is 43.9 Å². The molecule has 2 heterocycles. The number of nitrogens with zero attached hydrogens (tertiary/aromatic N) is 3. The van der Waals surface area contributed by atoms with Gasteiger partial charge in [0.05, 0.1) is 12.1 Å². The monoisotopic (exact) mass is 302 g/mol. The number of rotatable bonds is 2. The van der Waals surface area contributed by atoms with Crippen molar-refractivity contribution in [1.82, 2.24) is 9.88 Å². The molecule has 116 valence electrons. The van der Waals surface area contributed by atoms with Crippen molar-refractivity contribution in [3.8, 4) is 0 Å². The third kappa shape index (κ3) is 3.56. The molecule has 5 nitrogen and oxygen atoms in total. The van der Waals surface area contributed by atoms with Crippen molar-refractivity contribution in [3.63, 3.8) is 0 Å². The Bertz CT molecular complexity index is 533. The number of hydrogen-bond donors (Lipinski definition) is 1. The Morgan fingerprint density at radius 3 is 2.62 bits per heavy atom. The fraction of sp³-hybridized carbons (Fsp3) is 0.538. The number of carbonyl (C=O) groups is 1. The minimum atomic E-state index is -4.45. The van der Waals surface area contributed by atoms with Crippen LogP contribution in [0.4, 0.5) is 24.8 Å². The number of hydrogen-bond acceptors (Lipinski definition) is 4. The molecular formula is C13H17F3N4O. The normalized spacial score (nSPS) is 16.9. The van der Waals surface area contributed by atoms with Gasteiger partial charge in [0, 0.05) is 27.2 Å². The maximum absolute atomic E-state index is 12.9. The second-order valence-electron chi connectivity index (χ2n) is 4.94. The number of amides is 1. The number of carbonyl (C=O) groups excluding carboxylic acids is 1. The summed E-state index contributed by atoms with van der Waals surface area (Å²) in [5.74, 6) is 0.167. The Hall–Kier alpha value is -1.99. The minimum Gasteiger partial charge on any atom is -0.373 e. The van der Waals surface area contributed by atoms with Gasteiger partial charge in [0.1, 0.15) is 11.6 Å². The zero-order valence-electron chi connectivity index (χ0n) is 11.9. The van der Waals surface area contributed by atoms with Gasteiger partial charge in [-0.25, -0.2) is 4.98 Å². The lowest BCUT2D eigenvalue weighted by Gasteiger charge is -2.22. The standard InChI is InChI=1S/C13H17F3N4O/c1-17-10-6-9(13(14,15)16)7-11(18-10)20-5-3-4-19(2)12(21)8-20/h6-7H,3-5,8H2,1-2H3,(H,17,18). The molecule has 0 unspecified atom stereocenters. The van der Waals surface area contributed by atoms with Crippen molar-refractivity contribution < 1.29 is 18.0 Å². The molecule has 2 rings (SSSR count). The number of alkyl halides is 3. The van der Waals surface area contributed by atoms with Gasteiger partial charge < -0.3 is 15.1 Å². The first-order valence-corrected chi connectivity index (χ1v) is 6.57. The average molecular weight is 302 g/mol. The summed E-state index contributed by atoms with van der Waals surface area (Å²) in [6.45, 7) is 1.12. The van der Waals surface area contributed by atoms with Gasteiger partial charge >= 0.3 is 6.18 Å². The largest absolute Gasteiger partial charge is 0.416 e. The van der Waals surface area contributed by atoms with Crippen LogP contribution in [0.1, 0.15) is 12.0 Å². The number of likely N-dealkylation sites (N-methyl/N-ethyl adjacent to an activating group) is 1. The van der Waals surface area contributed by atoms with Crippen LogP contribution < -0.4 is 10.2 Å². The molecule has 1 N–H and O–H groups in total. The van der Waals surface area contributed by atoms with Gasteiger partial charge in [-0.1, -0.05) is 0 Å². The predicted molar refractivity (Wildman–Crippen MR) is 73.3 cm³/mol. The van der Waals surface area contributed by atoms with Gasteiger partial charge in [-0.2, -0.15) is 13.2 Å². The molecule has 0 saturated carbocycles. The maximum Gasteiger partial charge on any atom is 0.416 e. The molecule has 0 aliphatic carbocycles. The first-order valence-electron chi connectivity index (χ1n) is 6.57. The van der Waals surface area contributed by atoms with Crippen LogP contribution in [0.15, 0.2) is 12.1 Å². The van der Waals surface area contributed by atoms with Crippen LogP contribution in [0, 0.1) is 0 Å². The molecule has 1 amide bonds. The Kier molecular flexibility index (Phi) is 4.24. The molecule has 0 spiro atoms. The maximum atomic E-state index is 12.9. The zero-order valence-corrected chi connectivity index (χ0v) is 11.9. The molecule has 8 heteroatoms. The first-order chi connectivity index (χ1) is 9.81. The summed E-state index contributed by atoms with van der Waals surface area (Å²) in [6, 6.07) is 1.94. The van der Waals surface area contributed by atoms with E-state index in [-0.39, 0.29) is 24.1 Å². The van der Waals surface area contributed by atoms with Crippen LogP contribution in [-0.2, 0) is 11.0 Å². The molecular weight excluding hydrogens is 285 g/mol. The Morgan fingerprint density at radius 2 is 2.00 bits per heavy atom. The molecule has 0 atom stereocenters. The van der Waals surface area contributed by atoms with E-state index < -0.39 is 11.7 Å². The highest BCUT2D eigenvalue weighted by Crippen LogP contribution is 2.33. The van der Waals surface area contributed by atoms with Crippen molar-refractivity contribution in [2.45, 2.75) is 12.6 Å². The van der Waals surface area contributed by atoms with Gasteiger partial charge in [0.25, 0.3) is 0 Å². The molecule has 21 heavy (non-hydrogen) atoms. The number of pyridine rings is 1. The summed E-state index contributed by atoms with van der Waals surface area (Å²) < 4.78 is 38.8. The van der Waals surface area contributed by atoms with Crippen molar-refractivity contribution in [1.29, 1.82) is 0 Å². The lowest BCUT2D eigenvalue weighted by atomic mass is 10.2. The predicted octanol–water partition coefficient (Wildman–Crippen LogP) is 1.81. The highest BCUT2D eigenvalue weighted by molar-refractivity contribution is 5.81. The van der Waals surface area contributed by atoms with Crippen LogP contribution in [-0.4, -0.2) is 49.5 Å². The second kappa shape index (κ2) is 5.79. The van der Waals surface area contributed by atoms with Gasteiger partial charge in [-0.15, -0.1) is 0 Å². The highest BCUT2D eigenvalue weighted by Gasteiger charge is 2.32. The first kappa shape index (κ1) is 15.4. The van der Waals surface area contributed by atoms with E-state index in [1.165, 1.54) is 7.05 Å².